The Morgan fingerprint density at radius 2 is 0.745 bits per heavy atom. The minimum atomic E-state index is -0.810. The Hall–Kier alpha value is -2.89. The predicted molar refractivity (Wildman–Crippen MR) is 233 cm³/mol. The molecule has 0 aromatic rings. The molecule has 0 heterocycles. The molecule has 0 rings (SSSR count). The molecule has 0 aliphatic rings. The number of allylic oxidation sites excluding steroid dienone is 10. The summed E-state index contributed by atoms with van der Waals surface area (Å²) in [7, 11) is 0. The minimum absolute atomic E-state index is 0.105. The molecule has 0 saturated carbocycles. The van der Waals surface area contributed by atoms with Gasteiger partial charge in [0.1, 0.15) is 13.2 Å². The highest BCUT2D eigenvalue weighted by atomic mass is 16.6. The standard InChI is InChI=1S/C49H84O6/c1-4-7-10-13-16-19-21-23-24-26-27-30-33-36-39-42-48(51)54-45-46(44-53-47(50)41-38-35-32-29-18-15-12-9-6-3)55-49(52)43-40-37-34-31-28-25-22-20-17-14-11-8-5-2/h8,11,17,20,23-25,28,34,37,46H,4-7,9-10,12-16,18-19,21-22,26-27,29-33,35-36,38-45H2,1-3H3/b11-8-,20-17-,24-23-,28-25-,37-34-. The van der Waals surface area contributed by atoms with E-state index < -0.39 is 12.1 Å². The van der Waals surface area contributed by atoms with Crippen molar-refractivity contribution in [1.82, 2.24) is 0 Å². The third kappa shape index (κ3) is 42.1. The lowest BCUT2D eigenvalue weighted by atomic mass is 10.1. The highest BCUT2D eigenvalue weighted by molar-refractivity contribution is 5.71. The zero-order valence-electron chi connectivity index (χ0n) is 35.9. The number of hydrogen-bond acceptors (Lipinski definition) is 6. The molecule has 316 valence electrons. The molecule has 0 amide bonds. The van der Waals surface area contributed by atoms with Crippen LogP contribution in [0, 0.1) is 0 Å². The van der Waals surface area contributed by atoms with Crippen molar-refractivity contribution in [3.63, 3.8) is 0 Å². The maximum atomic E-state index is 12.7. The van der Waals surface area contributed by atoms with Crippen LogP contribution in [0.15, 0.2) is 60.8 Å². The molecule has 0 radical (unpaired) electrons. The van der Waals surface area contributed by atoms with Gasteiger partial charge in [-0.1, -0.05) is 184 Å². The second-order valence-electron chi connectivity index (χ2n) is 14.9. The van der Waals surface area contributed by atoms with Gasteiger partial charge in [0, 0.05) is 19.3 Å². The smallest absolute Gasteiger partial charge is 0.306 e. The molecule has 1 atom stereocenters. The van der Waals surface area contributed by atoms with Crippen LogP contribution in [0.4, 0.5) is 0 Å². The van der Waals surface area contributed by atoms with Crippen molar-refractivity contribution in [2.45, 2.75) is 219 Å². The summed E-state index contributed by atoms with van der Waals surface area (Å²) < 4.78 is 16.6. The van der Waals surface area contributed by atoms with Gasteiger partial charge in [-0.3, -0.25) is 14.4 Å². The summed E-state index contributed by atoms with van der Waals surface area (Å²) >= 11 is 0. The first kappa shape index (κ1) is 52.1. The predicted octanol–water partition coefficient (Wildman–Crippen LogP) is 14.5. The summed E-state index contributed by atoms with van der Waals surface area (Å²) in [6.45, 7) is 6.41. The number of carbonyl (C=O) groups excluding carboxylic acids is 3. The molecule has 0 spiro atoms. The quantitative estimate of drug-likeness (QED) is 0.0267. The number of hydrogen-bond donors (Lipinski definition) is 0. The molecule has 0 fully saturated rings. The molecule has 55 heavy (non-hydrogen) atoms. The molecule has 0 aromatic carbocycles. The normalized spacial score (nSPS) is 12.6. The van der Waals surface area contributed by atoms with Gasteiger partial charge in [0.2, 0.25) is 0 Å². The summed E-state index contributed by atoms with van der Waals surface area (Å²) in [4.78, 5) is 37.6. The monoisotopic (exact) mass is 769 g/mol. The molecule has 6 nitrogen and oxygen atoms in total. The molecular weight excluding hydrogens is 685 g/mol. The van der Waals surface area contributed by atoms with E-state index in [1.54, 1.807) is 0 Å². The highest BCUT2D eigenvalue weighted by Gasteiger charge is 2.19. The van der Waals surface area contributed by atoms with Crippen LogP contribution in [0.25, 0.3) is 0 Å². The van der Waals surface area contributed by atoms with E-state index >= 15 is 0 Å². The summed E-state index contributed by atoms with van der Waals surface area (Å²) in [5.41, 5.74) is 0. The fourth-order valence-corrected chi connectivity index (χ4v) is 6.10. The zero-order chi connectivity index (χ0) is 40.1. The first-order valence-electron chi connectivity index (χ1n) is 22.8. The minimum Gasteiger partial charge on any atom is -0.462 e. The van der Waals surface area contributed by atoms with Gasteiger partial charge in [0.25, 0.3) is 0 Å². The Bertz CT molecular complexity index is 1020. The summed E-state index contributed by atoms with van der Waals surface area (Å²) in [5, 5.41) is 0. The van der Waals surface area contributed by atoms with E-state index in [9.17, 15) is 14.4 Å². The fraction of sp³-hybridized carbons (Fsp3) is 0.735. The van der Waals surface area contributed by atoms with E-state index in [2.05, 4.69) is 69.4 Å². The fourth-order valence-electron chi connectivity index (χ4n) is 6.10. The SMILES string of the molecule is CC/C=C\C/C=C\C/C=C\C/C=C\CCC(=O)OC(COC(=O)CCCCCCC/C=C\CCCCCCCC)COC(=O)CCCCCCCCCCC. The summed E-state index contributed by atoms with van der Waals surface area (Å²) in [5.74, 6) is -1.00. The number of unbranched alkanes of at least 4 members (excludes halogenated alkanes) is 19. The average molecular weight is 769 g/mol. The van der Waals surface area contributed by atoms with Crippen molar-refractivity contribution in [3.8, 4) is 0 Å². The molecule has 0 N–H and O–H groups in total. The highest BCUT2D eigenvalue weighted by Crippen LogP contribution is 2.13. The molecule has 0 saturated heterocycles. The Balaban J connectivity index is 4.46. The molecule has 0 aliphatic carbocycles. The van der Waals surface area contributed by atoms with Crippen molar-refractivity contribution in [2.75, 3.05) is 13.2 Å². The van der Waals surface area contributed by atoms with Gasteiger partial charge in [0.05, 0.1) is 0 Å². The largest absolute Gasteiger partial charge is 0.462 e. The van der Waals surface area contributed by atoms with E-state index in [1.807, 2.05) is 12.2 Å². The number of esters is 3. The topological polar surface area (TPSA) is 78.9 Å². The lowest BCUT2D eigenvalue weighted by Crippen LogP contribution is -2.30. The maximum Gasteiger partial charge on any atom is 0.306 e. The molecule has 0 aliphatic heterocycles. The first-order chi connectivity index (χ1) is 27.0. The Labute approximate surface area is 339 Å². The Morgan fingerprint density at radius 1 is 0.382 bits per heavy atom. The van der Waals surface area contributed by atoms with Gasteiger partial charge in [0.15, 0.2) is 6.10 Å². The van der Waals surface area contributed by atoms with Crippen LogP contribution >= 0.6 is 0 Å². The Kier molecular flexibility index (Phi) is 41.5. The Morgan fingerprint density at radius 3 is 1.18 bits per heavy atom. The molecule has 1 unspecified atom stereocenters. The number of ether oxygens (including phenoxy) is 3. The average Bonchev–Trinajstić information content (AvgIpc) is 3.18. The van der Waals surface area contributed by atoms with Gasteiger partial charge >= 0.3 is 17.9 Å². The molecule has 0 aromatic heterocycles. The van der Waals surface area contributed by atoms with Gasteiger partial charge < -0.3 is 14.2 Å². The summed E-state index contributed by atoms with van der Waals surface area (Å²) in [6.07, 6.45) is 52.2. The van der Waals surface area contributed by atoms with E-state index in [0.29, 0.717) is 19.3 Å². The molecule has 0 bridgehead atoms. The lowest BCUT2D eigenvalue weighted by Gasteiger charge is -2.18. The molecule has 6 heteroatoms. The van der Waals surface area contributed by atoms with Gasteiger partial charge in [-0.2, -0.15) is 0 Å². The number of carbonyl (C=O) groups is 3. The van der Waals surface area contributed by atoms with Gasteiger partial charge in [-0.25, -0.2) is 0 Å². The van der Waals surface area contributed by atoms with Gasteiger partial charge in [-0.05, 0) is 70.6 Å². The van der Waals surface area contributed by atoms with Crippen LogP contribution in [-0.4, -0.2) is 37.2 Å². The maximum absolute atomic E-state index is 12.7. The third-order valence-corrected chi connectivity index (χ3v) is 9.52. The van der Waals surface area contributed by atoms with Crippen LogP contribution in [0.3, 0.4) is 0 Å². The van der Waals surface area contributed by atoms with Crippen molar-refractivity contribution in [1.29, 1.82) is 0 Å². The lowest BCUT2D eigenvalue weighted by molar-refractivity contribution is -0.166. The van der Waals surface area contributed by atoms with Crippen molar-refractivity contribution < 1.29 is 28.6 Å². The van der Waals surface area contributed by atoms with Crippen LogP contribution < -0.4 is 0 Å². The van der Waals surface area contributed by atoms with E-state index in [0.717, 1.165) is 70.6 Å². The van der Waals surface area contributed by atoms with Crippen LogP contribution in [0.2, 0.25) is 0 Å². The van der Waals surface area contributed by atoms with Crippen LogP contribution in [0.5, 0.6) is 0 Å². The van der Waals surface area contributed by atoms with E-state index in [1.165, 1.54) is 96.3 Å². The van der Waals surface area contributed by atoms with E-state index in [-0.39, 0.29) is 31.6 Å². The van der Waals surface area contributed by atoms with Crippen molar-refractivity contribution in [3.05, 3.63) is 60.8 Å². The zero-order valence-corrected chi connectivity index (χ0v) is 35.9. The van der Waals surface area contributed by atoms with E-state index in [4.69, 9.17) is 14.2 Å². The second kappa shape index (κ2) is 43.8. The van der Waals surface area contributed by atoms with Crippen molar-refractivity contribution >= 4 is 17.9 Å². The van der Waals surface area contributed by atoms with Crippen LogP contribution in [-0.2, 0) is 28.6 Å². The first-order valence-corrected chi connectivity index (χ1v) is 22.8. The van der Waals surface area contributed by atoms with Crippen LogP contribution in [0.1, 0.15) is 213 Å². The second-order valence-corrected chi connectivity index (χ2v) is 14.9. The number of rotatable bonds is 40. The van der Waals surface area contributed by atoms with Gasteiger partial charge in [-0.15, -0.1) is 0 Å². The third-order valence-electron chi connectivity index (χ3n) is 9.52. The molecular formula is C49H84O6. The summed E-state index contributed by atoms with van der Waals surface area (Å²) in [6, 6.07) is 0. The van der Waals surface area contributed by atoms with Crippen molar-refractivity contribution in [2.24, 2.45) is 0 Å².